The number of benzene rings is 1. The van der Waals surface area contributed by atoms with Crippen LogP contribution in [0.2, 0.25) is 0 Å². The molecule has 0 unspecified atom stereocenters. The summed E-state index contributed by atoms with van der Waals surface area (Å²) in [5, 5.41) is 2.80. The van der Waals surface area contributed by atoms with Crippen LogP contribution >= 0.6 is 11.3 Å². The van der Waals surface area contributed by atoms with Crippen molar-refractivity contribution in [2.75, 3.05) is 21.3 Å². The second kappa shape index (κ2) is 7.08. The molecule has 0 aliphatic heterocycles. The standard InChI is InChI=1S/C15H17NO4S/c1-18-11-5-6-12(13(8-11)19-2)15-16-10(9-21-15)4-7-14(17)20-3/h5-6,8-9H,4,7H2,1-3H3. The number of carbonyl (C=O) groups excluding carboxylic acids is 1. The number of thiazole rings is 1. The van der Waals surface area contributed by atoms with E-state index in [0.29, 0.717) is 18.6 Å². The fourth-order valence-corrected chi connectivity index (χ4v) is 2.74. The van der Waals surface area contributed by atoms with E-state index in [2.05, 4.69) is 9.72 Å². The molecule has 0 saturated carbocycles. The van der Waals surface area contributed by atoms with E-state index in [-0.39, 0.29) is 5.97 Å². The Kier molecular flexibility index (Phi) is 5.16. The number of hydrogen-bond donors (Lipinski definition) is 0. The Morgan fingerprint density at radius 1 is 1.24 bits per heavy atom. The minimum absolute atomic E-state index is 0.230. The second-order valence-electron chi connectivity index (χ2n) is 4.29. The van der Waals surface area contributed by atoms with Gasteiger partial charge in [-0.25, -0.2) is 4.98 Å². The van der Waals surface area contributed by atoms with Gasteiger partial charge in [0.1, 0.15) is 16.5 Å². The van der Waals surface area contributed by atoms with Gasteiger partial charge in [-0.1, -0.05) is 0 Å². The van der Waals surface area contributed by atoms with E-state index in [0.717, 1.165) is 22.0 Å². The summed E-state index contributed by atoms with van der Waals surface area (Å²) in [5.74, 6) is 1.22. The molecule has 0 radical (unpaired) electrons. The van der Waals surface area contributed by atoms with Crippen LogP contribution in [0.5, 0.6) is 11.5 Å². The van der Waals surface area contributed by atoms with Crippen molar-refractivity contribution in [3.05, 3.63) is 29.3 Å². The first-order valence-electron chi connectivity index (χ1n) is 6.41. The van der Waals surface area contributed by atoms with Crippen LogP contribution in [0.1, 0.15) is 12.1 Å². The Hall–Kier alpha value is -2.08. The molecular formula is C15H17NO4S. The highest BCUT2D eigenvalue weighted by atomic mass is 32.1. The predicted molar refractivity (Wildman–Crippen MR) is 81.0 cm³/mol. The SMILES string of the molecule is COC(=O)CCc1csc(-c2ccc(OC)cc2OC)n1. The number of methoxy groups -OCH3 is 3. The predicted octanol–water partition coefficient (Wildman–Crippen LogP) is 2.93. The molecule has 1 aromatic heterocycles. The Labute approximate surface area is 127 Å². The minimum Gasteiger partial charge on any atom is -0.497 e. The third-order valence-corrected chi connectivity index (χ3v) is 3.93. The van der Waals surface area contributed by atoms with Gasteiger partial charge >= 0.3 is 5.97 Å². The van der Waals surface area contributed by atoms with Crippen LogP contribution in [0.15, 0.2) is 23.6 Å². The molecule has 5 nitrogen and oxygen atoms in total. The monoisotopic (exact) mass is 307 g/mol. The summed E-state index contributed by atoms with van der Waals surface area (Å²) < 4.78 is 15.2. The van der Waals surface area contributed by atoms with E-state index in [9.17, 15) is 4.79 Å². The maximum Gasteiger partial charge on any atom is 0.305 e. The van der Waals surface area contributed by atoms with Gasteiger partial charge in [-0.15, -0.1) is 11.3 Å². The molecule has 112 valence electrons. The fourth-order valence-electron chi connectivity index (χ4n) is 1.85. The third kappa shape index (κ3) is 3.72. The van der Waals surface area contributed by atoms with Crippen molar-refractivity contribution in [2.45, 2.75) is 12.8 Å². The lowest BCUT2D eigenvalue weighted by atomic mass is 10.2. The summed E-state index contributed by atoms with van der Waals surface area (Å²) in [6, 6.07) is 5.61. The zero-order valence-electron chi connectivity index (χ0n) is 12.2. The first-order valence-corrected chi connectivity index (χ1v) is 7.29. The number of carbonyl (C=O) groups is 1. The minimum atomic E-state index is -0.230. The number of ether oxygens (including phenoxy) is 3. The number of esters is 1. The topological polar surface area (TPSA) is 57.7 Å². The summed E-state index contributed by atoms with van der Waals surface area (Å²) in [4.78, 5) is 15.7. The van der Waals surface area contributed by atoms with E-state index in [1.807, 2.05) is 23.6 Å². The summed E-state index contributed by atoms with van der Waals surface area (Å²) in [5.41, 5.74) is 1.78. The number of rotatable bonds is 6. The number of hydrogen-bond acceptors (Lipinski definition) is 6. The van der Waals surface area contributed by atoms with Gasteiger partial charge in [0, 0.05) is 17.9 Å². The van der Waals surface area contributed by atoms with Gasteiger partial charge in [0.15, 0.2) is 0 Å². The largest absolute Gasteiger partial charge is 0.497 e. The molecule has 0 amide bonds. The first-order chi connectivity index (χ1) is 10.2. The summed E-state index contributed by atoms with van der Waals surface area (Å²) >= 11 is 1.52. The van der Waals surface area contributed by atoms with Gasteiger partial charge in [0.05, 0.1) is 39.0 Å². The summed E-state index contributed by atoms with van der Waals surface area (Å²) in [6.07, 6.45) is 0.904. The molecule has 2 rings (SSSR count). The Morgan fingerprint density at radius 2 is 2.05 bits per heavy atom. The van der Waals surface area contributed by atoms with Gasteiger partial charge in [0.2, 0.25) is 0 Å². The van der Waals surface area contributed by atoms with Gasteiger partial charge in [-0.05, 0) is 12.1 Å². The molecule has 1 heterocycles. The first kappa shape index (κ1) is 15.3. The van der Waals surface area contributed by atoms with E-state index in [1.54, 1.807) is 14.2 Å². The highest BCUT2D eigenvalue weighted by molar-refractivity contribution is 7.13. The quantitative estimate of drug-likeness (QED) is 0.768. The van der Waals surface area contributed by atoms with Crippen LogP contribution < -0.4 is 9.47 Å². The van der Waals surface area contributed by atoms with Crippen molar-refractivity contribution in [3.8, 4) is 22.1 Å². The van der Waals surface area contributed by atoms with Crippen molar-refractivity contribution >= 4 is 17.3 Å². The van der Waals surface area contributed by atoms with Crippen LogP contribution in [0.25, 0.3) is 10.6 Å². The lowest BCUT2D eigenvalue weighted by Gasteiger charge is -2.08. The lowest BCUT2D eigenvalue weighted by Crippen LogP contribution is -2.01. The van der Waals surface area contributed by atoms with E-state index < -0.39 is 0 Å². The van der Waals surface area contributed by atoms with Crippen molar-refractivity contribution in [1.82, 2.24) is 4.98 Å². The molecule has 2 aromatic rings. The van der Waals surface area contributed by atoms with Gasteiger partial charge in [-0.3, -0.25) is 4.79 Å². The molecule has 0 spiro atoms. The molecular weight excluding hydrogens is 290 g/mol. The Morgan fingerprint density at radius 3 is 2.71 bits per heavy atom. The van der Waals surface area contributed by atoms with E-state index in [4.69, 9.17) is 9.47 Å². The molecule has 6 heteroatoms. The van der Waals surface area contributed by atoms with Gasteiger partial charge < -0.3 is 14.2 Å². The molecule has 0 aliphatic carbocycles. The smallest absolute Gasteiger partial charge is 0.305 e. The molecule has 21 heavy (non-hydrogen) atoms. The Balaban J connectivity index is 2.19. The number of aryl methyl sites for hydroxylation is 1. The fraction of sp³-hybridized carbons (Fsp3) is 0.333. The summed E-state index contributed by atoms with van der Waals surface area (Å²) in [6.45, 7) is 0. The number of nitrogens with zero attached hydrogens (tertiary/aromatic N) is 1. The maximum atomic E-state index is 11.2. The van der Waals surface area contributed by atoms with Crippen LogP contribution in [0.3, 0.4) is 0 Å². The Bertz CT molecular complexity index is 624. The van der Waals surface area contributed by atoms with Crippen molar-refractivity contribution in [3.63, 3.8) is 0 Å². The summed E-state index contributed by atoms with van der Waals surface area (Å²) in [7, 11) is 4.61. The van der Waals surface area contributed by atoms with Crippen molar-refractivity contribution in [1.29, 1.82) is 0 Å². The van der Waals surface area contributed by atoms with Gasteiger partial charge in [0.25, 0.3) is 0 Å². The van der Waals surface area contributed by atoms with Crippen LogP contribution in [0.4, 0.5) is 0 Å². The zero-order valence-corrected chi connectivity index (χ0v) is 13.0. The zero-order chi connectivity index (χ0) is 15.2. The highest BCUT2D eigenvalue weighted by Gasteiger charge is 2.12. The lowest BCUT2D eigenvalue weighted by molar-refractivity contribution is -0.140. The van der Waals surface area contributed by atoms with Crippen LogP contribution in [-0.4, -0.2) is 32.3 Å². The average Bonchev–Trinajstić information content (AvgIpc) is 3.00. The van der Waals surface area contributed by atoms with Crippen molar-refractivity contribution in [2.24, 2.45) is 0 Å². The molecule has 1 aromatic carbocycles. The third-order valence-electron chi connectivity index (χ3n) is 3.00. The second-order valence-corrected chi connectivity index (χ2v) is 5.14. The highest BCUT2D eigenvalue weighted by Crippen LogP contribution is 2.35. The van der Waals surface area contributed by atoms with Crippen molar-refractivity contribution < 1.29 is 19.0 Å². The molecule has 0 fully saturated rings. The normalized spacial score (nSPS) is 10.2. The van der Waals surface area contributed by atoms with E-state index in [1.165, 1.54) is 18.4 Å². The molecule has 0 aliphatic rings. The molecule has 0 saturated heterocycles. The van der Waals surface area contributed by atoms with Gasteiger partial charge in [-0.2, -0.15) is 0 Å². The van der Waals surface area contributed by atoms with Crippen LogP contribution in [0, 0.1) is 0 Å². The van der Waals surface area contributed by atoms with Crippen LogP contribution in [-0.2, 0) is 16.0 Å². The molecule has 0 bridgehead atoms. The molecule has 0 N–H and O–H groups in total. The molecule has 0 atom stereocenters. The van der Waals surface area contributed by atoms with E-state index >= 15 is 0 Å². The average molecular weight is 307 g/mol. The number of aromatic nitrogens is 1. The maximum absolute atomic E-state index is 11.2.